The predicted molar refractivity (Wildman–Crippen MR) is 116 cm³/mol. The number of aromatic amines is 1. The normalized spacial score (nSPS) is 15.9. The first-order valence-electron chi connectivity index (χ1n) is 9.52. The first-order valence-corrected chi connectivity index (χ1v) is 11.7. The first kappa shape index (κ1) is 22.8. The second-order valence-electron chi connectivity index (χ2n) is 7.39. The number of nitrogens with zero attached hydrogens (tertiary/aromatic N) is 1. The summed E-state index contributed by atoms with van der Waals surface area (Å²) >= 11 is 12.1. The summed E-state index contributed by atoms with van der Waals surface area (Å²) in [5, 5.41) is 2.95. The number of hydrogen-bond donors (Lipinski definition) is 2. The van der Waals surface area contributed by atoms with Crippen molar-refractivity contribution in [3.8, 4) is 0 Å². The van der Waals surface area contributed by atoms with Crippen molar-refractivity contribution in [3.05, 3.63) is 61.5 Å². The van der Waals surface area contributed by atoms with Crippen LogP contribution in [0.2, 0.25) is 10.0 Å². The maximum atomic E-state index is 12.9. The predicted octanol–water partition coefficient (Wildman–Crippen LogP) is 3.02. The van der Waals surface area contributed by atoms with Gasteiger partial charge in [-0.3, -0.25) is 9.59 Å². The fourth-order valence-electron chi connectivity index (χ4n) is 3.64. The number of amides is 1. The van der Waals surface area contributed by atoms with Crippen molar-refractivity contribution in [1.82, 2.24) is 14.6 Å². The summed E-state index contributed by atoms with van der Waals surface area (Å²) in [6, 6.07) is 6.40. The quantitative estimate of drug-likeness (QED) is 0.699. The average Bonchev–Trinajstić information content (AvgIpc) is 2.66. The van der Waals surface area contributed by atoms with Crippen LogP contribution in [0.5, 0.6) is 0 Å². The smallest absolute Gasteiger partial charge is 0.253 e. The van der Waals surface area contributed by atoms with Crippen LogP contribution in [0.3, 0.4) is 0 Å². The molecule has 2 aromatic rings. The van der Waals surface area contributed by atoms with Crippen molar-refractivity contribution in [2.24, 2.45) is 5.92 Å². The van der Waals surface area contributed by atoms with Gasteiger partial charge in [0, 0.05) is 36.8 Å². The van der Waals surface area contributed by atoms with Gasteiger partial charge in [0.2, 0.25) is 15.9 Å². The standard InChI is InChI=1S/C20H23Cl2N3O4S/c1-12-10-13(2)24-20(27)15(12)11-23-19(26)14-6-8-25(9-7-14)30(28,29)18-16(21)4-3-5-17(18)22/h3-5,10,14H,6-9,11H2,1-2H3,(H,23,26)(H,24,27). The Morgan fingerprint density at radius 1 is 1.20 bits per heavy atom. The minimum absolute atomic E-state index is 0.0704. The molecule has 0 unspecified atom stereocenters. The Balaban J connectivity index is 1.63. The molecule has 162 valence electrons. The van der Waals surface area contributed by atoms with Gasteiger partial charge in [-0.25, -0.2) is 8.42 Å². The number of halogens is 2. The molecule has 1 aromatic heterocycles. The molecule has 0 aliphatic carbocycles. The van der Waals surface area contributed by atoms with E-state index in [2.05, 4.69) is 10.3 Å². The fraction of sp³-hybridized carbons (Fsp3) is 0.400. The average molecular weight is 472 g/mol. The van der Waals surface area contributed by atoms with Gasteiger partial charge in [-0.2, -0.15) is 4.31 Å². The monoisotopic (exact) mass is 471 g/mol. The Kier molecular flexibility index (Phi) is 6.91. The van der Waals surface area contributed by atoms with Gasteiger partial charge in [0.25, 0.3) is 5.56 Å². The number of benzene rings is 1. The lowest BCUT2D eigenvalue weighted by Crippen LogP contribution is -2.43. The highest BCUT2D eigenvalue weighted by Gasteiger charge is 2.34. The molecule has 7 nitrogen and oxygen atoms in total. The fourth-order valence-corrected chi connectivity index (χ4v) is 6.20. The Labute approximate surface area is 185 Å². The molecule has 0 atom stereocenters. The molecule has 1 aromatic carbocycles. The molecule has 1 amide bonds. The highest BCUT2D eigenvalue weighted by molar-refractivity contribution is 7.89. The van der Waals surface area contributed by atoms with E-state index < -0.39 is 10.0 Å². The zero-order chi connectivity index (χ0) is 22.1. The van der Waals surface area contributed by atoms with Crippen molar-refractivity contribution < 1.29 is 13.2 Å². The number of carbonyl (C=O) groups excluding carboxylic acids is 1. The van der Waals surface area contributed by atoms with E-state index in [1.165, 1.54) is 16.4 Å². The zero-order valence-corrected chi connectivity index (χ0v) is 19.0. The van der Waals surface area contributed by atoms with E-state index in [-0.39, 0.29) is 52.0 Å². The van der Waals surface area contributed by atoms with Gasteiger partial charge in [-0.15, -0.1) is 0 Å². The van der Waals surface area contributed by atoms with Gasteiger partial charge in [0.05, 0.1) is 10.0 Å². The van der Waals surface area contributed by atoms with Gasteiger partial charge < -0.3 is 10.3 Å². The number of hydrogen-bond acceptors (Lipinski definition) is 4. The van der Waals surface area contributed by atoms with Gasteiger partial charge in [-0.05, 0) is 50.5 Å². The first-order chi connectivity index (χ1) is 14.1. The van der Waals surface area contributed by atoms with Crippen LogP contribution in [0.15, 0.2) is 34.0 Å². The highest BCUT2D eigenvalue weighted by atomic mass is 35.5. The summed E-state index contributed by atoms with van der Waals surface area (Å²) in [5.74, 6) is -0.523. The van der Waals surface area contributed by atoms with Gasteiger partial charge in [0.15, 0.2) is 0 Å². The van der Waals surface area contributed by atoms with Crippen molar-refractivity contribution in [2.45, 2.75) is 38.1 Å². The summed E-state index contributed by atoms with van der Waals surface area (Å²) < 4.78 is 27.2. The van der Waals surface area contributed by atoms with E-state index in [0.29, 0.717) is 18.4 Å². The summed E-state index contributed by atoms with van der Waals surface area (Å²) in [4.78, 5) is 27.3. The lowest BCUT2D eigenvalue weighted by atomic mass is 9.97. The third-order valence-corrected chi connectivity index (χ3v) is 8.13. The Bertz CT molecular complexity index is 1100. The van der Waals surface area contributed by atoms with E-state index >= 15 is 0 Å². The van der Waals surface area contributed by atoms with Gasteiger partial charge in [-0.1, -0.05) is 29.3 Å². The van der Waals surface area contributed by atoms with Crippen molar-refractivity contribution in [1.29, 1.82) is 0 Å². The summed E-state index contributed by atoms with van der Waals surface area (Å²) in [5.41, 5.74) is 1.88. The van der Waals surface area contributed by atoms with Crippen LogP contribution < -0.4 is 10.9 Å². The second-order valence-corrected chi connectivity index (χ2v) is 10.1. The summed E-state index contributed by atoms with van der Waals surface area (Å²) in [7, 11) is -3.85. The second kappa shape index (κ2) is 9.09. The maximum absolute atomic E-state index is 12.9. The van der Waals surface area contributed by atoms with Crippen LogP contribution in [0.4, 0.5) is 0 Å². The molecule has 1 aliphatic rings. The number of rotatable bonds is 5. The largest absolute Gasteiger partial charge is 0.352 e. The number of piperidine rings is 1. The van der Waals surface area contributed by atoms with E-state index in [0.717, 1.165) is 11.3 Å². The molecule has 1 aliphatic heterocycles. The molecule has 2 heterocycles. The van der Waals surface area contributed by atoms with Crippen LogP contribution in [0.1, 0.15) is 29.7 Å². The minimum atomic E-state index is -3.85. The number of nitrogens with one attached hydrogen (secondary N) is 2. The molecule has 30 heavy (non-hydrogen) atoms. The molecule has 1 fully saturated rings. The van der Waals surface area contributed by atoms with E-state index in [1.54, 1.807) is 13.0 Å². The van der Waals surface area contributed by atoms with E-state index in [1.807, 2.05) is 13.0 Å². The molecular weight excluding hydrogens is 449 g/mol. The zero-order valence-electron chi connectivity index (χ0n) is 16.7. The van der Waals surface area contributed by atoms with E-state index in [4.69, 9.17) is 23.2 Å². The highest BCUT2D eigenvalue weighted by Crippen LogP contribution is 2.33. The molecule has 1 saturated heterocycles. The number of pyridine rings is 1. The Morgan fingerprint density at radius 3 is 2.37 bits per heavy atom. The van der Waals surface area contributed by atoms with E-state index in [9.17, 15) is 18.0 Å². The summed E-state index contributed by atoms with van der Waals surface area (Å²) in [6.45, 7) is 4.13. The third-order valence-electron chi connectivity index (χ3n) is 5.27. The number of H-pyrrole nitrogens is 1. The van der Waals surface area contributed by atoms with Crippen LogP contribution >= 0.6 is 23.2 Å². The number of carbonyl (C=O) groups is 1. The molecule has 3 rings (SSSR count). The van der Waals surface area contributed by atoms with Crippen LogP contribution in [-0.4, -0.2) is 36.7 Å². The molecule has 0 spiro atoms. The molecule has 2 N–H and O–H groups in total. The molecule has 10 heteroatoms. The molecular formula is C20H23Cl2N3O4S. The van der Waals surface area contributed by atoms with Crippen molar-refractivity contribution in [2.75, 3.05) is 13.1 Å². The Hall–Kier alpha value is -1.87. The maximum Gasteiger partial charge on any atom is 0.253 e. The lowest BCUT2D eigenvalue weighted by molar-refractivity contribution is -0.126. The van der Waals surface area contributed by atoms with Crippen LogP contribution in [0.25, 0.3) is 0 Å². The van der Waals surface area contributed by atoms with Crippen molar-refractivity contribution in [3.63, 3.8) is 0 Å². The molecule has 0 saturated carbocycles. The Morgan fingerprint density at radius 2 is 1.80 bits per heavy atom. The molecule has 0 radical (unpaired) electrons. The SMILES string of the molecule is Cc1cc(C)c(CNC(=O)C2CCN(S(=O)(=O)c3c(Cl)cccc3Cl)CC2)c(=O)[nH]1. The topological polar surface area (TPSA) is 99.3 Å². The van der Waals surface area contributed by atoms with Crippen molar-refractivity contribution >= 4 is 39.1 Å². The van der Waals surface area contributed by atoms with Gasteiger partial charge in [0.1, 0.15) is 4.90 Å². The lowest BCUT2D eigenvalue weighted by Gasteiger charge is -2.31. The third kappa shape index (κ3) is 4.72. The summed E-state index contributed by atoms with van der Waals surface area (Å²) in [6.07, 6.45) is 0.743. The van der Waals surface area contributed by atoms with Crippen LogP contribution in [0, 0.1) is 19.8 Å². The number of aryl methyl sites for hydroxylation is 2. The minimum Gasteiger partial charge on any atom is -0.352 e. The number of sulfonamides is 1. The van der Waals surface area contributed by atoms with Crippen LogP contribution in [-0.2, 0) is 21.4 Å². The number of aromatic nitrogens is 1. The molecule has 0 bridgehead atoms. The van der Waals surface area contributed by atoms with Gasteiger partial charge >= 0.3 is 0 Å².